The lowest BCUT2D eigenvalue weighted by Gasteiger charge is -2.09. The first-order chi connectivity index (χ1) is 11.6. The Morgan fingerprint density at radius 3 is 2.62 bits per heavy atom. The number of carboxylic acids is 1. The van der Waals surface area contributed by atoms with E-state index in [1.54, 1.807) is 43.7 Å². The SMILES string of the molecule is C=CCOc1ccc(/C=N/Nc2ccc(C(=O)O)cc2)cc1OC. The van der Waals surface area contributed by atoms with E-state index in [0.29, 0.717) is 23.8 Å². The van der Waals surface area contributed by atoms with Crippen LogP contribution in [0.15, 0.2) is 60.2 Å². The summed E-state index contributed by atoms with van der Waals surface area (Å²) in [5, 5.41) is 13.0. The Bertz CT molecular complexity index is 739. The smallest absolute Gasteiger partial charge is 0.335 e. The summed E-state index contributed by atoms with van der Waals surface area (Å²) < 4.78 is 10.8. The van der Waals surface area contributed by atoms with Crippen molar-refractivity contribution < 1.29 is 19.4 Å². The quantitative estimate of drug-likeness (QED) is 0.441. The van der Waals surface area contributed by atoms with Crippen LogP contribution >= 0.6 is 0 Å². The van der Waals surface area contributed by atoms with Gasteiger partial charge in [0.1, 0.15) is 6.61 Å². The molecular weight excluding hydrogens is 308 g/mol. The summed E-state index contributed by atoms with van der Waals surface area (Å²) >= 11 is 0. The number of nitrogens with one attached hydrogen (secondary N) is 1. The minimum Gasteiger partial charge on any atom is -0.493 e. The molecule has 0 aliphatic heterocycles. The fraction of sp³-hybridized carbons (Fsp3) is 0.111. The zero-order valence-corrected chi connectivity index (χ0v) is 13.2. The number of hydrazone groups is 1. The first-order valence-corrected chi connectivity index (χ1v) is 7.18. The number of benzene rings is 2. The van der Waals surface area contributed by atoms with Crippen molar-refractivity contribution in [1.29, 1.82) is 0 Å². The molecule has 0 fully saturated rings. The van der Waals surface area contributed by atoms with E-state index >= 15 is 0 Å². The first kappa shape index (κ1) is 17.1. The molecule has 6 nitrogen and oxygen atoms in total. The Morgan fingerprint density at radius 1 is 1.25 bits per heavy atom. The van der Waals surface area contributed by atoms with Crippen LogP contribution in [-0.2, 0) is 0 Å². The van der Waals surface area contributed by atoms with Crippen molar-refractivity contribution in [2.75, 3.05) is 19.1 Å². The number of hydrogen-bond donors (Lipinski definition) is 2. The predicted molar refractivity (Wildman–Crippen MR) is 93.3 cm³/mol. The van der Waals surface area contributed by atoms with Crippen molar-refractivity contribution in [2.24, 2.45) is 5.10 Å². The largest absolute Gasteiger partial charge is 0.493 e. The lowest BCUT2D eigenvalue weighted by molar-refractivity contribution is 0.0697. The Balaban J connectivity index is 2.03. The average Bonchev–Trinajstić information content (AvgIpc) is 2.60. The molecule has 6 heteroatoms. The van der Waals surface area contributed by atoms with Gasteiger partial charge < -0.3 is 14.6 Å². The van der Waals surface area contributed by atoms with Gasteiger partial charge >= 0.3 is 5.97 Å². The van der Waals surface area contributed by atoms with E-state index < -0.39 is 5.97 Å². The van der Waals surface area contributed by atoms with E-state index in [2.05, 4.69) is 17.1 Å². The van der Waals surface area contributed by atoms with Crippen LogP contribution in [0.5, 0.6) is 11.5 Å². The van der Waals surface area contributed by atoms with Gasteiger partial charge in [0.15, 0.2) is 11.5 Å². The minimum atomic E-state index is -0.962. The third-order valence-corrected chi connectivity index (χ3v) is 3.08. The zero-order chi connectivity index (χ0) is 17.4. The molecule has 0 atom stereocenters. The number of hydrogen-bond acceptors (Lipinski definition) is 5. The molecule has 0 aliphatic carbocycles. The van der Waals surface area contributed by atoms with Crippen molar-refractivity contribution in [3.05, 3.63) is 66.2 Å². The van der Waals surface area contributed by atoms with Gasteiger partial charge in [0, 0.05) is 0 Å². The van der Waals surface area contributed by atoms with Crippen LogP contribution in [0.4, 0.5) is 5.69 Å². The zero-order valence-electron chi connectivity index (χ0n) is 13.2. The molecule has 0 heterocycles. The summed E-state index contributed by atoms with van der Waals surface area (Å²) in [7, 11) is 1.57. The van der Waals surface area contributed by atoms with E-state index in [9.17, 15) is 4.79 Å². The highest BCUT2D eigenvalue weighted by molar-refractivity contribution is 5.88. The Morgan fingerprint density at radius 2 is 2.00 bits per heavy atom. The maximum Gasteiger partial charge on any atom is 0.335 e. The van der Waals surface area contributed by atoms with Gasteiger partial charge in [-0.2, -0.15) is 5.10 Å². The second kappa shape index (κ2) is 8.38. The van der Waals surface area contributed by atoms with E-state index in [1.165, 1.54) is 12.1 Å². The molecule has 0 saturated heterocycles. The molecule has 2 aromatic carbocycles. The number of carboxylic acid groups (broad SMARTS) is 1. The molecule has 0 aromatic heterocycles. The summed E-state index contributed by atoms with van der Waals surface area (Å²) in [6.45, 7) is 4.01. The fourth-order valence-electron chi connectivity index (χ4n) is 1.90. The number of anilines is 1. The predicted octanol–water partition coefficient (Wildman–Crippen LogP) is 3.40. The van der Waals surface area contributed by atoms with Gasteiger partial charge in [-0.15, -0.1) is 0 Å². The van der Waals surface area contributed by atoms with Crippen LogP contribution < -0.4 is 14.9 Å². The highest BCUT2D eigenvalue weighted by Gasteiger charge is 2.04. The van der Waals surface area contributed by atoms with Gasteiger partial charge in [-0.25, -0.2) is 4.79 Å². The molecule has 2 rings (SSSR count). The topological polar surface area (TPSA) is 80.2 Å². The van der Waals surface area contributed by atoms with Crippen LogP contribution in [-0.4, -0.2) is 31.0 Å². The fourth-order valence-corrected chi connectivity index (χ4v) is 1.90. The Kier molecular flexibility index (Phi) is 5.96. The van der Waals surface area contributed by atoms with E-state index in [-0.39, 0.29) is 5.56 Å². The third-order valence-electron chi connectivity index (χ3n) is 3.08. The normalized spacial score (nSPS) is 10.4. The highest BCUT2D eigenvalue weighted by Crippen LogP contribution is 2.27. The first-order valence-electron chi connectivity index (χ1n) is 7.18. The molecule has 2 N–H and O–H groups in total. The average molecular weight is 326 g/mol. The number of rotatable bonds is 8. The molecule has 0 spiro atoms. The van der Waals surface area contributed by atoms with Crippen molar-refractivity contribution in [3.63, 3.8) is 0 Å². The van der Waals surface area contributed by atoms with Crippen molar-refractivity contribution in [1.82, 2.24) is 0 Å². The van der Waals surface area contributed by atoms with Gasteiger partial charge in [0.05, 0.1) is 24.6 Å². The van der Waals surface area contributed by atoms with Crippen LogP contribution in [0.1, 0.15) is 15.9 Å². The summed E-state index contributed by atoms with van der Waals surface area (Å²) in [6, 6.07) is 11.8. The van der Waals surface area contributed by atoms with Crippen molar-refractivity contribution in [2.45, 2.75) is 0 Å². The lowest BCUT2D eigenvalue weighted by Crippen LogP contribution is -1.98. The lowest BCUT2D eigenvalue weighted by atomic mass is 10.2. The summed E-state index contributed by atoms with van der Waals surface area (Å²) in [5.41, 5.74) is 4.58. The molecule has 2 aromatic rings. The number of carbonyl (C=O) groups is 1. The molecule has 0 radical (unpaired) electrons. The van der Waals surface area contributed by atoms with Crippen molar-refractivity contribution >= 4 is 17.9 Å². The Hall–Kier alpha value is -3.28. The summed E-state index contributed by atoms with van der Waals surface area (Å²) in [4.78, 5) is 10.8. The van der Waals surface area contributed by atoms with Gasteiger partial charge in [0.2, 0.25) is 0 Å². The molecule has 0 aliphatic rings. The molecular formula is C18H18N2O4. The minimum absolute atomic E-state index is 0.226. The van der Waals surface area contributed by atoms with Crippen molar-refractivity contribution in [3.8, 4) is 11.5 Å². The third kappa shape index (κ3) is 4.61. The maximum atomic E-state index is 10.8. The molecule has 24 heavy (non-hydrogen) atoms. The monoisotopic (exact) mass is 326 g/mol. The van der Waals surface area contributed by atoms with Crippen LogP contribution in [0.3, 0.4) is 0 Å². The molecule has 124 valence electrons. The van der Waals surface area contributed by atoms with Crippen LogP contribution in [0, 0.1) is 0 Å². The number of ether oxygens (including phenoxy) is 2. The molecule has 0 amide bonds. The molecule has 0 saturated carbocycles. The van der Waals surface area contributed by atoms with Gasteiger partial charge in [-0.3, -0.25) is 5.43 Å². The second-order valence-electron chi connectivity index (χ2n) is 4.76. The number of methoxy groups -OCH3 is 1. The van der Waals surface area contributed by atoms with Gasteiger partial charge in [-0.05, 0) is 48.0 Å². The van der Waals surface area contributed by atoms with Gasteiger partial charge in [0.25, 0.3) is 0 Å². The standard InChI is InChI=1S/C18H18N2O4/c1-3-10-24-16-9-4-13(11-17(16)23-2)12-19-20-15-7-5-14(6-8-15)18(21)22/h3-9,11-12,20H,1,10H2,2H3,(H,21,22)/b19-12+. The Labute approximate surface area is 140 Å². The maximum absolute atomic E-state index is 10.8. The van der Waals surface area contributed by atoms with E-state index in [0.717, 1.165) is 5.56 Å². The van der Waals surface area contributed by atoms with E-state index in [4.69, 9.17) is 14.6 Å². The number of aromatic carboxylic acids is 1. The molecule has 0 unspecified atom stereocenters. The highest BCUT2D eigenvalue weighted by atomic mass is 16.5. The van der Waals surface area contributed by atoms with E-state index in [1.807, 2.05) is 6.07 Å². The second-order valence-corrected chi connectivity index (χ2v) is 4.76. The summed E-state index contributed by atoms with van der Waals surface area (Å²) in [6.07, 6.45) is 3.29. The van der Waals surface area contributed by atoms with Gasteiger partial charge in [-0.1, -0.05) is 12.7 Å². The van der Waals surface area contributed by atoms with Crippen LogP contribution in [0.2, 0.25) is 0 Å². The van der Waals surface area contributed by atoms with Crippen LogP contribution in [0.25, 0.3) is 0 Å². The number of nitrogens with zero attached hydrogens (tertiary/aromatic N) is 1. The summed E-state index contributed by atoms with van der Waals surface area (Å²) in [5.74, 6) is 0.272. The molecule has 0 bridgehead atoms.